The van der Waals surface area contributed by atoms with Crippen molar-refractivity contribution >= 4 is 11.7 Å². The van der Waals surface area contributed by atoms with Crippen LogP contribution < -0.4 is 10.6 Å². The molecule has 2 heterocycles. The lowest BCUT2D eigenvalue weighted by molar-refractivity contribution is 0.0572. The van der Waals surface area contributed by atoms with Gasteiger partial charge in [-0.2, -0.15) is 0 Å². The Kier molecular flexibility index (Phi) is 3.07. The molecule has 8 nitrogen and oxygen atoms in total. The fourth-order valence-electron chi connectivity index (χ4n) is 1.62. The second-order valence-corrected chi connectivity index (χ2v) is 3.78. The van der Waals surface area contributed by atoms with Crippen LogP contribution in [0.4, 0.5) is 5.82 Å². The molecule has 0 aliphatic carbocycles. The van der Waals surface area contributed by atoms with Gasteiger partial charge in [0.25, 0.3) is 0 Å². The first-order valence-electron chi connectivity index (χ1n) is 5.03. The van der Waals surface area contributed by atoms with Gasteiger partial charge in [-0.3, -0.25) is 0 Å². The highest BCUT2D eigenvalue weighted by molar-refractivity contribution is 5.94. The number of anilines is 1. The van der Waals surface area contributed by atoms with Gasteiger partial charge in [0.15, 0.2) is 5.84 Å². The van der Waals surface area contributed by atoms with Crippen LogP contribution in [0.1, 0.15) is 5.69 Å². The zero-order valence-electron chi connectivity index (χ0n) is 8.93. The number of hydrogen-bond acceptors (Lipinski definition) is 7. The summed E-state index contributed by atoms with van der Waals surface area (Å²) in [6.07, 6.45) is 1.25. The molecule has 92 valence electrons. The van der Waals surface area contributed by atoms with Crippen LogP contribution in [0.5, 0.6) is 0 Å². The molecule has 17 heavy (non-hydrogen) atoms. The van der Waals surface area contributed by atoms with Crippen LogP contribution >= 0.6 is 0 Å². The zero-order chi connectivity index (χ0) is 12.4. The number of nitrogens with zero attached hydrogens (tertiary/aromatic N) is 4. The number of aliphatic hydroxyl groups is 2. The highest BCUT2D eigenvalue weighted by Gasteiger charge is 2.30. The van der Waals surface area contributed by atoms with Gasteiger partial charge >= 0.3 is 0 Å². The number of hydrogen-bond donors (Lipinski definition) is 4. The van der Waals surface area contributed by atoms with Crippen molar-refractivity contribution in [2.75, 3.05) is 18.0 Å². The van der Waals surface area contributed by atoms with Crippen LogP contribution in [-0.2, 0) is 0 Å². The number of β-amino-alcohol motifs (C(OH)–C–C–N with tert-alkyl or cyclic N) is 2. The number of nitrogens with two attached hydrogens (primary N) is 1. The van der Waals surface area contributed by atoms with Crippen molar-refractivity contribution in [1.82, 2.24) is 9.97 Å². The van der Waals surface area contributed by atoms with E-state index in [0.717, 1.165) is 0 Å². The number of amidine groups is 1. The molecule has 0 radical (unpaired) electrons. The Hall–Kier alpha value is -1.93. The number of aromatic nitrogens is 2. The minimum atomic E-state index is -0.777. The van der Waals surface area contributed by atoms with Crippen molar-refractivity contribution in [2.45, 2.75) is 12.2 Å². The summed E-state index contributed by atoms with van der Waals surface area (Å²) in [5.74, 6) is 0.403. The highest BCUT2D eigenvalue weighted by Crippen LogP contribution is 2.17. The van der Waals surface area contributed by atoms with E-state index in [1.807, 2.05) is 0 Å². The summed E-state index contributed by atoms with van der Waals surface area (Å²) >= 11 is 0. The largest absolute Gasteiger partial charge is 0.409 e. The number of aliphatic hydroxyl groups excluding tert-OH is 2. The summed E-state index contributed by atoms with van der Waals surface area (Å²) in [4.78, 5) is 9.74. The molecular weight excluding hydrogens is 226 g/mol. The van der Waals surface area contributed by atoms with E-state index < -0.39 is 12.2 Å². The third-order valence-corrected chi connectivity index (χ3v) is 2.59. The van der Waals surface area contributed by atoms with Gasteiger partial charge in [-0.15, -0.1) is 0 Å². The standard InChI is InChI=1S/C9H13N5O3/c10-9(13-17)5-1-12-8(2-11-5)14-3-6(15)7(16)4-14/h1-2,6-7,15-17H,3-4H2,(H2,10,13). The second kappa shape index (κ2) is 4.52. The predicted octanol–water partition coefficient (Wildman–Crippen LogP) is -1.89. The van der Waals surface area contributed by atoms with Crippen LogP contribution in [0.3, 0.4) is 0 Å². The van der Waals surface area contributed by atoms with Gasteiger partial charge in [-0.25, -0.2) is 9.97 Å². The third-order valence-electron chi connectivity index (χ3n) is 2.59. The average Bonchev–Trinajstić information content (AvgIpc) is 2.69. The van der Waals surface area contributed by atoms with Crippen molar-refractivity contribution in [3.8, 4) is 0 Å². The first-order valence-corrected chi connectivity index (χ1v) is 5.03. The highest BCUT2D eigenvalue weighted by atomic mass is 16.4. The lowest BCUT2D eigenvalue weighted by Gasteiger charge is -2.15. The fourth-order valence-corrected chi connectivity index (χ4v) is 1.62. The molecule has 2 atom stereocenters. The molecule has 0 amide bonds. The van der Waals surface area contributed by atoms with Gasteiger partial charge in [-0.1, -0.05) is 5.16 Å². The van der Waals surface area contributed by atoms with Gasteiger partial charge in [0.05, 0.1) is 24.6 Å². The van der Waals surface area contributed by atoms with Gasteiger partial charge < -0.3 is 26.1 Å². The Bertz CT molecular complexity index is 411. The minimum absolute atomic E-state index is 0.120. The monoisotopic (exact) mass is 239 g/mol. The van der Waals surface area contributed by atoms with E-state index >= 15 is 0 Å². The fraction of sp³-hybridized carbons (Fsp3) is 0.444. The van der Waals surface area contributed by atoms with Gasteiger partial charge in [0.2, 0.25) is 0 Å². The van der Waals surface area contributed by atoms with E-state index in [1.54, 1.807) is 4.90 Å². The van der Waals surface area contributed by atoms with E-state index in [0.29, 0.717) is 18.9 Å². The summed E-state index contributed by atoms with van der Waals surface area (Å²) in [5.41, 5.74) is 5.61. The van der Waals surface area contributed by atoms with Gasteiger partial charge in [0.1, 0.15) is 11.5 Å². The Morgan fingerprint density at radius 1 is 1.29 bits per heavy atom. The Morgan fingerprint density at radius 2 is 1.94 bits per heavy atom. The van der Waals surface area contributed by atoms with E-state index in [-0.39, 0.29) is 11.5 Å². The molecule has 1 aliphatic rings. The lowest BCUT2D eigenvalue weighted by atomic mass is 10.3. The Labute approximate surface area is 97.0 Å². The van der Waals surface area contributed by atoms with Crippen molar-refractivity contribution in [3.63, 3.8) is 0 Å². The molecule has 2 rings (SSSR count). The minimum Gasteiger partial charge on any atom is -0.409 e. The topological polar surface area (TPSA) is 128 Å². The quantitative estimate of drug-likeness (QED) is 0.205. The maximum Gasteiger partial charge on any atom is 0.190 e. The Balaban J connectivity index is 2.14. The van der Waals surface area contributed by atoms with Crippen molar-refractivity contribution < 1.29 is 15.4 Å². The molecule has 0 aromatic carbocycles. The Morgan fingerprint density at radius 3 is 2.41 bits per heavy atom. The van der Waals surface area contributed by atoms with Gasteiger partial charge in [-0.05, 0) is 0 Å². The lowest BCUT2D eigenvalue weighted by Crippen LogP contribution is -2.23. The second-order valence-electron chi connectivity index (χ2n) is 3.78. The molecule has 1 fully saturated rings. The van der Waals surface area contributed by atoms with E-state index in [1.165, 1.54) is 12.4 Å². The van der Waals surface area contributed by atoms with Crippen LogP contribution in [0.2, 0.25) is 0 Å². The summed E-state index contributed by atoms with van der Waals surface area (Å²) in [5, 5.41) is 30.1. The van der Waals surface area contributed by atoms with Gasteiger partial charge in [0, 0.05) is 13.1 Å². The summed E-state index contributed by atoms with van der Waals surface area (Å²) in [6.45, 7) is 0.609. The van der Waals surface area contributed by atoms with Crippen LogP contribution in [-0.4, -0.2) is 56.5 Å². The van der Waals surface area contributed by atoms with Crippen LogP contribution in [0.25, 0.3) is 0 Å². The van der Waals surface area contributed by atoms with E-state index in [4.69, 9.17) is 10.9 Å². The third kappa shape index (κ3) is 2.27. The molecule has 0 bridgehead atoms. The molecule has 0 spiro atoms. The summed E-state index contributed by atoms with van der Waals surface area (Å²) in [7, 11) is 0. The van der Waals surface area contributed by atoms with E-state index in [9.17, 15) is 10.2 Å². The maximum absolute atomic E-state index is 9.40. The zero-order valence-corrected chi connectivity index (χ0v) is 8.93. The maximum atomic E-state index is 9.40. The van der Waals surface area contributed by atoms with Crippen molar-refractivity contribution in [2.24, 2.45) is 10.9 Å². The SMILES string of the molecule is NC(=NO)c1cnc(N2CC(O)C(O)C2)cn1. The molecule has 1 aliphatic heterocycles. The molecule has 0 saturated carbocycles. The van der Waals surface area contributed by atoms with Crippen LogP contribution in [0, 0.1) is 0 Å². The smallest absolute Gasteiger partial charge is 0.190 e. The molecule has 5 N–H and O–H groups in total. The number of rotatable bonds is 2. The molecular formula is C9H13N5O3. The van der Waals surface area contributed by atoms with E-state index in [2.05, 4.69) is 15.1 Å². The molecule has 1 saturated heterocycles. The predicted molar refractivity (Wildman–Crippen MR) is 58.8 cm³/mol. The molecule has 8 heteroatoms. The summed E-state index contributed by atoms with van der Waals surface area (Å²) in [6, 6.07) is 0. The molecule has 1 aromatic heterocycles. The molecule has 1 aromatic rings. The summed E-state index contributed by atoms with van der Waals surface area (Å²) < 4.78 is 0. The first-order chi connectivity index (χ1) is 8.11. The normalized spacial score (nSPS) is 25.3. The van der Waals surface area contributed by atoms with Crippen molar-refractivity contribution in [3.05, 3.63) is 18.1 Å². The van der Waals surface area contributed by atoms with Crippen molar-refractivity contribution in [1.29, 1.82) is 0 Å². The molecule has 2 unspecified atom stereocenters. The average molecular weight is 239 g/mol. The first kappa shape index (κ1) is 11.6. The number of oxime groups is 1. The van der Waals surface area contributed by atoms with Crippen LogP contribution in [0.15, 0.2) is 17.5 Å².